The molecule has 2 saturated heterocycles. The lowest BCUT2D eigenvalue weighted by Gasteiger charge is -2.37. The van der Waals surface area contributed by atoms with Crippen molar-refractivity contribution in [1.82, 2.24) is 29.0 Å². The van der Waals surface area contributed by atoms with E-state index in [-0.39, 0.29) is 68.1 Å². The lowest BCUT2D eigenvalue weighted by atomic mass is 9.93. The predicted octanol–water partition coefficient (Wildman–Crippen LogP) is 5.88. The third kappa shape index (κ3) is 5.05. The number of alkyl halides is 1. The van der Waals surface area contributed by atoms with Gasteiger partial charge >= 0.3 is 6.09 Å². The van der Waals surface area contributed by atoms with Crippen molar-refractivity contribution in [2.45, 2.75) is 71.8 Å². The highest BCUT2D eigenvalue weighted by Crippen LogP contribution is 2.63. The Labute approximate surface area is 265 Å². The Bertz CT molecular complexity index is 1860. The molecule has 4 aromatic rings. The van der Waals surface area contributed by atoms with Crippen LogP contribution in [0.15, 0.2) is 43.0 Å². The van der Waals surface area contributed by atoms with Crippen LogP contribution in [0.4, 0.5) is 9.18 Å². The molecule has 0 radical (unpaired) electrons. The van der Waals surface area contributed by atoms with Gasteiger partial charge in [-0.15, -0.1) is 0 Å². The van der Waals surface area contributed by atoms with Crippen molar-refractivity contribution in [1.29, 1.82) is 0 Å². The molecule has 7 rings (SSSR count). The second-order valence-corrected chi connectivity index (χ2v) is 14.7. The van der Waals surface area contributed by atoms with Gasteiger partial charge in [0.05, 0.1) is 41.7 Å². The highest BCUT2D eigenvalue weighted by molar-refractivity contribution is 6.32. The SMILES string of the molecule is CC(C)(C)OC(=O)N1CCC(F)(Cn2ccc3cc(Cl)cc(-c4ncnn5cc(CN6C(=O)C7C(C6=O)C7(C)C)cc45)c32)CC1. The lowest BCUT2D eigenvalue weighted by Crippen LogP contribution is -2.47. The van der Waals surface area contributed by atoms with Crippen LogP contribution < -0.4 is 0 Å². The summed E-state index contributed by atoms with van der Waals surface area (Å²) >= 11 is 6.57. The number of halogens is 2. The first-order valence-electron chi connectivity index (χ1n) is 15.3. The van der Waals surface area contributed by atoms with Gasteiger partial charge in [-0.1, -0.05) is 25.4 Å². The number of benzene rings is 1. The number of piperidine rings is 2. The Morgan fingerprint density at radius 3 is 2.47 bits per heavy atom. The van der Waals surface area contributed by atoms with Gasteiger partial charge in [0.2, 0.25) is 11.8 Å². The van der Waals surface area contributed by atoms with Crippen molar-refractivity contribution in [3.63, 3.8) is 0 Å². The van der Waals surface area contributed by atoms with Gasteiger partial charge in [0.15, 0.2) is 0 Å². The van der Waals surface area contributed by atoms with E-state index < -0.39 is 17.4 Å². The van der Waals surface area contributed by atoms with Gasteiger partial charge in [-0.3, -0.25) is 14.5 Å². The number of fused-ring (bicyclic) bond motifs is 3. The second kappa shape index (κ2) is 10.0. The Morgan fingerprint density at radius 1 is 1.11 bits per heavy atom. The summed E-state index contributed by atoms with van der Waals surface area (Å²) in [5, 5.41) is 5.73. The smallest absolute Gasteiger partial charge is 0.410 e. The summed E-state index contributed by atoms with van der Waals surface area (Å²) in [6, 6.07) is 7.44. The van der Waals surface area contributed by atoms with Crippen molar-refractivity contribution >= 4 is 45.9 Å². The van der Waals surface area contributed by atoms with Gasteiger partial charge in [0.25, 0.3) is 0 Å². The number of carbonyl (C=O) groups is 3. The predicted molar refractivity (Wildman–Crippen MR) is 166 cm³/mol. The van der Waals surface area contributed by atoms with Crippen LogP contribution in [0.3, 0.4) is 0 Å². The van der Waals surface area contributed by atoms with Crippen LogP contribution in [0.5, 0.6) is 0 Å². The summed E-state index contributed by atoms with van der Waals surface area (Å²) in [6.45, 7) is 10.2. The molecule has 1 saturated carbocycles. The van der Waals surface area contributed by atoms with Gasteiger partial charge in [-0.2, -0.15) is 5.10 Å². The summed E-state index contributed by atoms with van der Waals surface area (Å²) in [6.07, 6.45) is 5.03. The molecule has 236 valence electrons. The number of aromatic nitrogens is 4. The molecule has 0 bridgehead atoms. The maximum atomic E-state index is 16.3. The molecule has 10 nitrogen and oxygen atoms in total. The number of rotatable bonds is 5. The van der Waals surface area contributed by atoms with Crippen LogP contribution in [0.2, 0.25) is 5.02 Å². The van der Waals surface area contributed by atoms with Crippen molar-refractivity contribution < 1.29 is 23.5 Å². The summed E-state index contributed by atoms with van der Waals surface area (Å²) in [4.78, 5) is 46.0. The molecule has 0 N–H and O–H groups in total. The molecule has 1 aliphatic carbocycles. The number of nitrogens with zero attached hydrogens (tertiary/aromatic N) is 6. The summed E-state index contributed by atoms with van der Waals surface area (Å²) in [7, 11) is 0. The van der Waals surface area contributed by atoms with E-state index in [1.165, 1.54) is 11.2 Å². The second-order valence-electron chi connectivity index (χ2n) is 14.3. The summed E-state index contributed by atoms with van der Waals surface area (Å²) in [5.41, 5.74) is 1.10. The van der Waals surface area contributed by atoms with Gasteiger partial charge < -0.3 is 14.2 Å². The van der Waals surface area contributed by atoms with Gasteiger partial charge in [0.1, 0.15) is 17.6 Å². The number of ether oxygens (including phenoxy) is 1. The van der Waals surface area contributed by atoms with Crippen molar-refractivity contribution in [3.05, 3.63) is 53.6 Å². The molecule has 5 heterocycles. The monoisotopic (exact) mass is 634 g/mol. The van der Waals surface area contributed by atoms with E-state index in [2.05, 4.69) is 10.1 Å². The number of hydrogen-bond donors (Lipinski definition) is 0. The molecule has 1 aromatic carbocycles. The first kappa shape index (κ1) is 29.7. The minimum Gasteiger partial charge on any atom is -0.444 e. The standard InChI is InChI=1S/C33H36ClFN6O4/c1-31(2,3)45-30(44)38-10-7-33(35,8-11-38)17-39-9-6-20-13-21(34)14-22(27(20)39)26-23-12-19(16-41(23)37-18-36-26)15-40-28(42)24-25(29(40)43)32(24,4)5/h6,9,12-14,16,18,24-25H,7-8,10-11,15,17H2,1-5H3. The molecular formula is C33H36ClFN6O4. The molecule has 0 spiro atoms. The number of carbonyl (C=O) groups excluding carboxylic acids is 3. The molecule has 2 unspecified atom stereocenters. The average molecular weight is 635 g/mol. The van der Waals surface area contributed by atoms with Crippen LogP contribution in [0.25, 0.3) is 27.7 Å². The Hall–Kier alpha value is -3.99. The van der Waals surface area contributed by atoms with Crippen LogP contribution >= 0.6 is 11.6 Å². The van der Waals surface area contributed by atoms with E-state index in [4.69, 9.17) is 16.3 Å². The summed E-state index contributed by atoms with van der Waals surface area (Å²) in [5.74, 6) is -0.729. The Kier molecular flexibility index (Phi) is 6.60. The van der Waals surface area contributed by atoms with Crippen LogP contribution in [0.1, 0.15) is 53.0 Å². The fourth-order valence-corrected chi connectivity index (χ4v) is 7.35. The first-order chi connectivity index (χ1) is 21.1. The zero-order chi connectivity index (χ0) is 32.1. The van der Waals surface area contributed by atoms with Gasteiger partial charge in [-0.05, 0) is 56.0 Å². The number of likely N-dealkylation sites (tertiary alicyclic amines) is 2. The molecule has 3 fully saturated rings. The normalized spacial score (nSPS) is 22.4. The fourth-order valence-electron chi connectivity index (χ4n) is 7.12. The van der Waals surface area contributed by atoms with E-state index in [9.17, 15) is 14.4 Å². The topological polar surface area (TPSA) is 102 Å². The molecule has 3 amide bonds. The molecular weight excluding hydrogens is 599 g/mol. The van der Waals surface area contributed by atoms with Crippen molar-refractivity contribution in [2.75, 3.05) is 13.1 Å². The number of imide groups is 1. The van der Waals surface area contributed by atoms with Gasteiger partial charge in [0, 0.05) is 54.3 Å². The zero-order valence-corrected chi connectivity index (χ0v) is 26.8. The largest absolute Gasteiger partial charge is 0.444 e. The van der Waals surface area contributed by atoms with Crippen LogP contribution in [-0.2, 0) is 27.4 Å². The first-order valence-corrected chi connectivity index (χ1v) is 15.7. The maximum Gasteiger partial charge on any atom is 0.410 e. The molecule has 45 heavy (non-hydrogen) atoms. The number of amides is 3. The molecule has 3 aromatic heterocycles. The number of hydrogen-bond acceptors (Lipinski definition) is 6. The highest BCUT2D eigenvalue weighted by atomic mass is 35.5. The molecule has 2 aliphatic heterocycles. The van der Waals surface area contributed by atoms with E-state index in [1.54, 1.807) is 15.6 Å². The van der Waals surface area contributed by atoms with Crippen molar-refractivity contribution in [3.8, 4) is 11.3 Å². The van der Waals surface area contributed by atoms with Crippen molar-refractivity contribution in [2.24, 2.45) is 17.3 Å². The molecule has 3 aliphatic rings. The quantitative estimate of drug-likeness (QED) is 0.254. The van der Waals surface area contributed by atoms with Crippen LogP contribution in [0, 0.1) is 17.3 Å². The summed E-state index contributed by atoms with van der Waals surface area (Å²) < 4.78 is 25.4. The maximum absolute atomic E-state index is 16.3. The zero-order valence-electron chi connectivity index (χ0n) is 26.0. The van der Waals surface area contributed by atoms with E-state index in [0.29, 0.717) is 21.8 Å². The molecule has 2 atom stereocenters. The Balaban J connectivity index is 1.17. The fraction of sp³-hybridized carbons (Fsp3) is 0.485. The van der Waals surface area contributed by atoms with Crippen LogP contribution in [-0.4, -0.2) is 71.2 Å². The third-order valence-electron chi connectivity index (χ3n) is 9.54. The van der Waals surface area contributed by atoms with E-state index >= 15 is 4.39 Å². The lowest BCUT2D eigenvalue weighted by molar-refractivity contribution is -0.143. The molecule has 12 heteroatoms. The average Bonchev–Trinajstić information content (AvgIpc) is 3.28. The minimum atomic E-state index is -1.53. The van der Waals surface area contributed by atoms with E-state index in [1.807, 2.05) is 69.6 Å². The highest BCUT2D eigenvalue weighted by Gasteiger charge is 2.72. The minimum absolute atomic E-state index is 0.0960. The third-order valence-corrected chi connectivity index (χ3v) is 9.76. The van der Waals surface area contributed by atoms with Gasteiger partial charge in [-0.25, -0.2) is 18.7 Å². The van der Waals surface area contributed by atoms with E-state index in [0.717, 1.165) is 16.5 Å². The Morgan fingerprint density at radius 2 is 1.80 bits per heavy atom.